The minimum absolute atomic E-state index is 0.391. The maximum Gasteiger partial charge on any atom is 0.180 e. The Morgan fingerprint density at radius 2 is 2.25 bits per heavy atom. The molecule has 1 unspecified atom stereocenters. The van der Waals surface area contributed by atoms with Crippen molar-refractivity contribution in [1.82, 2.24) is 0 Å². The van der Waals surface area contributed by atoms with Gasteiger partial charge in [-0.25, -0.2) is 0 Å². The summed E-state index contributed by atoms with van der Waals surface area (Å²) in [6.07, 6.45) is 6.87. The van der Waals surface area contributed by atoms with Gasteiger partial charge in [-0.3, -0.25) is 4.99 Å². The van der Waals surface area contributed by atoms with Crippen molar-refractivity contribution in [2.45, 2.75) is 52.1 Å². The van der Waals surface area contributed by atoms with Crippen molar-refractivity contribution >= 4 is 5.90 Å². The van der Waals surface area contributed by atoms with Crippen LogP contribution >= 0.6 is 0 Å². The van der Waals surface area contributed by atoms with Crippen molar-refractivity contribution in [2.75, 3.05) is 6.54 Å². The smallest absolute Gasteiger partial charge is 0.180 e. The first-order chi connectivity index (χ1) is 5.83. The number of rotatable bonds is 5. The van der Waals surface area contributed by atoms with E-state index >= 15 is 0 Å². The van der Waals surface area contributed by atoms with E-state index < -0.39 is 0 Å². The van der Waals surface area contributed by atoms with Gasteiger partial charge < -0.3 is 4.74 Å². The van der Waals surface area contributed by atoms with Gasteiger partial charge in [-0.2, -0.15) is 0 Å². The number of ether oxygens (including phenoxy) is 1. The molecule has 1 rings (SSSR count). The Balaban J connectivity index is 1.95. The van der Waals surface area contributed by atoms with Gasteiger partial charge in [-0.05, 0) is 12.8 Å². The Hall–Kier alpha value is -0.530. The summed E-state index contributed by atoms with van der Waals surface area (Å²) >= 11 is 0. The Bertz CT molecular complexity index is 154. The van der Waals surface area contributed by atoms with Crippen molar-refractivity contribution < 1.29 is 4.74 Å². The minimum Gasteiger partial charge on any atom is -0.476 e. The molecule has 0 N–H and O–H groups in total. The lowest BCUT2D eigenvalue weighted by Gasteiger charge is -2.08. The summed E-state index contributed by atoms with van der Waals surface area (Å²) in [6.45, 7) is 5.06. The van der Waals surface area contributed by atoms with Crippen LogP contribution in [0.25, 0.3) is 0 Å². The van der Waals surface area contributed by atoms with Crippen molar-refractivity contribution in [3.63, 3.8) is 0 Å². The van der Waals surface area contributed by atoms with Gasteiger partial charge in [0.25, 0.3) is 0 Å². The second-order valence-corrected chi connectivity index (χ2v) is 3.45. The lowest BCUT2D eigenvalue weighted by atomic mass is 10.1. The standard InChI is InChI=1S/C10H19NO/c1-3-4-5-6-7-10-8-11-9(2)12-10/h10H,3-8H2,1-2H3. The first-order valence-electron chi connectivity index (χ1n) is 5.00. The predicted molar refractivity (Wildman–Crippen MR) is 51.6 cm³/mol. The lowest BCUT2D eigenvalue weighted by Crippen LogP contribution is -2.11. The number of nitrogens with zero attached hydrogens (tertiary/aromatic N) is 1. The molecule has 0 aromatic heterocycles. The number of hydrogen-bond acceptors (Lipinski definition) is 2. The minimum atomic E-state index is 0.391. The summed E-state index contributed by atoms with van der Waals surface area (Å²) in [5, 5.41) is 0. The van der Waals surface area contributed by atoms with E-state index in [1.165, 1.54) is 32.1 Å². The van der Waals surface area contributed by atoms with Gasteiger partial charge in [-0.15, -0.1) is 0 Å². The molecule has 0 saturated carbocycles. The third kappa shape index (κ3) is 3.24. The second-order valence-electron chi connectivity index (χ2n) is 3.45. The zero-order valence-electron chi connectivity index (χ0n) is 8.18. The molecule has 0 fully saturated rings. The molecular weight excluding hydrogens is 150 g/mol. The van der Waals surface area contributed by atoms with Gasteiger partial charge in [0.1, 0.15) is 6.10 Å². The van der Waals surface area contributed by atoms with Crippen molar-refractivity contribution in [2.24, 2.45) is 4.99 Å². The summed E-state index contributed by atoms with van der Waals surface area (Å²) in [7, 11) is 0. The third-order valence-electron chi connectivity index (χ3n) is 2.23. The normalized spacial score (nSPS) is 22.2. The van der Waals surface area contributed by atoms with Crippen LogP contribution in [-0.4, -0.2) is 18.5 Å². The van der Waals surface area contributed by atoms with Gasteiger partial charge >= 0.3 is 0 Å². The molecule has 2 nitrogen and oxygen atoms in total. The van der Waals surface area contributed by atoms with Crippen LogP contribution in [0.3, 0.4) is 0 Å². The van der Waals surface area contributed by atoms with Crippen molar-refractivity contribution in [3.05, 3.63) is 0 Å². The van der Waals surface area contributed by atoms with E-state index in [0.29, 0.717) is 6.10 Å². The van der Waals surface area contributed by atoms with E-state index in [4.69, 9.17) is 4.74 Å². The van der Waals surface area contributed by atoms with Gasteiger partial charge in [0.15, 0.2) is 5.90 Å². The molecule has 1 heterocycles. The van der Waals surface area contributed by atoms with Crippen LogP contribution in [0.1, 0.15) is 46.0 Å². The number of hydrogen-bond donors (Lipinski definition) is 0. The molecule has 1 atom stereocenters. The summed E-state index contributed by atoms with van der Waals surface area (Å²) in [5.41, 5.74) is 0. The zero-order chi connectivity index (χ0) is 8.81. The maximum absolute atomic E-state index is 5.49. The first-order valence-corrected chi connectivity index (χ1v) is 5.00. The highest BCUT2D eigenvalue weighted by atomic mass is 16.5. The molecule has 1 aliphatic rings. The van der Waals surface area contributed by atoms with E-state index in [0.717, 1.165) is 12.4 Å². The molecule has 2 heteroatoms. The van der Waals surface area contributed by atoms with Gasteiger partial charge in [-0.1, -0.05) is 26.2 Å². The fourth-order valence-corrected chi connectivity index (χ4v) is 1.50. The summed E-state index contributed by atoms with van der Waals surface area (Å²) in [6, 6.07) is 0. The molecule has 0 aromatic rings. The summed E-state index contributed by atoms with van der Waals surface area (Å²) < 4.78 is 5.49. The molecule has 0 bridgehead atoms. The lowest BCUT2D eigenvalue weighted by molar-refractivity contribution is 0.207. The fourth-order valence-electron chi connectivity index (χ4n) is 1.50. The zero-order valence-corrected chi connectivity index (χ0v) is 8.18. The SMILES string of the molecule is CCCCCCC1CN=C(C)O1. The average Bonchev–Trinajstić information content (AvgIpc) is 2.45. The van der Waals surface area contributed by atoms with Crippen LogP contribution in [0.15, 0.2) is 4.99 Å². The van der Waals surface area contributed by atoms with Gasteiger partial charge in [0, 0.05) is 6.92 Å². The molecule has 0 aromatic carbocycles. The van der Waals surface area contributed by atoms with E-state index in [-0.39, 0.29) is 0 Å². The Kier molecular flexibility index (Phi) is 4.12. The average molecular weight is 169 g/mol. The van der Waals surface area contributed by atoms with Crippen LogP contribution in [0.2, 0.25) is 0 Å². The van der Waals surface area contributed by atoms with E-state index in [1.54, 1.807) is 0 Å². The number of aliphatic imine (C=N–C) groups is 1. The van der Waals surface area contributed by atoms with E-state index in [9.17, 15) is 0 Å². The van der Waals surface area contributed by atoms with Crippen molar-refractivity contribution in [3.8, 4) is 0 Å². The highest BCUT2D eigenvalue weighted by Gasteiger charge is 2.15. The summed E-state index contributed by atoms with van der Waals surface area (Å²) in [4.78, 5) is 4.21. The largest absolute Gasteiger partial charge is 0.476 e. The van der Waals surface area contributed by atoms with E-state index in [1.807, 2.05) is 6.92 Å². The van der Waals surface area contributed by atoms with Crippen molar-refractivity contribution in [1.29, 1.82) is 0 Å². The molecule has 0 spiro atoms. The van der Waals surface area contributed by atoms with E-state index in [2.05, 4.69) is 11.9 Å². The van der Waals surface area contributed by atoms with Crippen LogP contribution in [0.5, 0.6) is 0 Å². The highest BCUT2D eigenvalue weighted by molar-refractivity contribution is 5.74. The van der Waals surface area contributed by atoms with Crippen LogP contribution in [0, 0.1) is 0 Å². The topological polar surface area (TPSA) is 21.6 Å². The summed E-state index contributed by atoms with van der Waals surface area (Å²) in [5.74, 6) is 0.871. The van der Waals surface area contributed by atoms with Crippen LogP contribution in [0.4, 0.5) is 0 Å². The molecule has 0 amide bonds. The van der Waals surface area contributed by atoms with Gasteiger partial charge in [0.05, 0.1) is 6.54 Å². The second kappa shape index (κ2) is 5.18. The molecule has 0 saturated heterocycles. The van der Waals surface area contributed by atoms with Crippen LogP contribution < -0.4 is 0 Å². The molecular formula is C10H19NO. The number of unbranched alkanes of at least 4 members (excludes halogenated alkanes) is 3. The molecule has 12 heavy (non-hydrogen) atoms. The fraction of sp³-hybridized carbons (Fsp3) is 0.900. The molecule has 70 valence electrons. The molecule has 0 aliphatic carbocycles. The Labute approximate surface area is 75.0 Å². The molecule has 0 radical (unpaired) electrons. The van der Waals surface area contributed by atoms with Gasteiger partial charge in [0.2, 0.25) is 0 Å². The third-order valence-corrected chi connectivity index (χ3v) is 2.23. The Morgan fingerprint density at radius 1 is 1.42 bits per heavy atom. The quantitative estimate of drug-likeness (QED) is 0.580. The monoisotopic (exact) mass is 169 g/mol. The predicted octanol–water partition coefficient (Wildman–Crippen LogP) is 2.77. The van der Waals surface area contributed by atoms with Crippen LogP contribution in [-0.2, 0) is 4.74 Å². The first kappa shape index (κ1) is 9.56. The molecule has 1 aliphatic heterocycles. The Morgan fingerprint density at radius 3 is 2.83 bits per heavy atom. The highest BCUT2D eigenvalue weighted by Crippen LogP contribution is 2.12. The maximum atomic E-state index is 5.49.